The van der Waals surface area contributed by atoms with E-state index in [4.69, 9.17) is 13.9 Å². The van der Waals surface area contributed by atoms with Gasteiger partial charge in [-0.2, -0.15) is 0 Å². The van der Waals surface area contributed by atoms with Crippen molar-refractivity contribution >= 4 is 36.2 Å². The summed E-state index contributed by atoms with van der Waals surface area (Å²) in [6, 6.07) is 26.5. The van der Waals surface area contributed by atoms with Crippen molar-refractivity contribution in [1.82, 2.24) is 5.32 Å². The summed E-state index contributed by atoms with van der Waals surface area (Å²) in [5.41, 5.74) is -0.344. The van der Waals surface area contributed by atoms with Crippen LogP contribution in [0.25, 0.3) is 0 Å². The second kappa shape index (κ2) is 15.2. The lowest BCUT2D eigenvalue weighted by Crippen LogP contribution is -2.66. The summed E-state index contributed by atoms with van der Waals surface area (Å²) in [4.78, 5) is 26.3. The predicted octanol–water partition coefficient (Wildman–Crippen LogP) is 6.01. The first-order chi connectivity index (χ1) is 21.6. The third-order valence-corrected chi connectivity index (χ3v) is 13.4. The van der Waals surface area contributed by atoms with Crippen molar-refractivity contribution < 1.29 is 23.5 Å². The maximum atomic E-state index is 13.1. The minimum Gasteiger partial charge on any atom is -0.493 e. The molecule has 45 heavy (non-hydrogen) atoms. The van der Waals surface area contributed by atoms with E-state index in [-0.39, 0.29) is 23.3 Å². The van der Waals surface area contributed by atoms with Crippen molar-refractivity contribution in [1.29, 1.82) is 0 Å². The molecule has 0 saturated carbocycles. The van der Waals surface area contributed by atoms with Crippen LogP contribution in [0.3, 0.4) is 0 Å². The molecule has 0 spiro atoms. The lowest BCUT2D eigenvalue weighted by molar-refractivity contribution is -0.133. The molecule has 1 heterocycles. The zero-order valence-electron chi connectivity index (χ0n) is 27.1. The van der Waals surface area contributed by atoms with E-state index in [0.717, 1.165) is 6.42 Å². The van der Waals surface area contributed by atoms with Crippen LogP contribution in [0.4, 0.5) is 5.69 Å². The Morgan fingerprint density at radius 2 is 1.53 bits per heavy atom. The number of methoxy groups -OCH3 is 2. The molecule has 3 aromatic carbocycles. The van der Waals surface area contributed by atoms with Crippen molar-refractivity contribution in [3.63, 3.8) is 0 Å². The van der Waals surface area contributed by atoms with Crippen molar-refractivity contribution in [2.75, 3.05) is 32.7 Å². The predicted molar refractivity (Wildman–Crippen MR) is 184 cm³/mol. The fourth-order valence-corrected chi connectivity index (χ4v) is 10.7. The number of amides is 2. The van der Waals surface area contributed by atoms with Crippen molar-refractivity contribution in [2.45, 2.75) is 51.5 Å². The second-order valence-corrected chi connectivity index (χ2v) is 16.7. The van der Waals surface area contributed by atoms with Crippen LogP contribution < -0.4 is 30.5 Å². The van der Waals surface area contributed by atoms with Gasteiger partial charge in [0, 0.05) is 31.3 Å². The van der Waals surface area contributed by atoms with Crippen molar-refractivity contribution in [3.05, 3.63) is 103 Å². The quantitative estimate of drug-likeness (QED) is 0.130. The number of hydrogen-bond acceptors (Lipinski definition) is 5. The summed E-state index contributed by atoms with van der Waals surface area (Å²) < 4.78 is 17.6. The molecule has 7 nitrogen and oxygen atoms in total. The molecule has 2 N–H and O–H groups in total. The lowest BCUT2D eigenvalue weighted by Gasteiger charge is -2.43. The zero-order valence-corrected chi connectivity index (χ0v) is 28.1. The smallest absolute Gasteiger partial charge is 0.261 e. The number of carbonyl (C=O) groups is 2. The van der Waals surface area contributed by atoms with Gasteiger partial charge in [-0.1, -0.05) is 106 Å². The summed E-state index contributed by atoms with van der Waals surface area (Å²) in [5.74, 6) is 0.720. The molecule has 0 radical (unpaired) electrons. The van der Waals surface area contributed by atoms with E-state index in [1.165, 1.54) is 10.4 Å². The number of anilines is 1. The molecule has 1 aliphatic heterocycles. The van der Waals surface area contributed by atoms with Crippen LogP contribution in [0.2, 0.25) is 5.04 Å². The Balaban J connectivity index is 1.40. The van der Waals surface area contributed by atoms with Crippen LogP contribution in [0.5, 0.6) is 11.5 Å². The lowest BCUT2D eigenvalue weighted by atomic mass is 9.77. The average molecular weight is 627 g/mol. The van der Waals surface area contributed by atoms with Crippen molar-refractivity contribution in [2.24, 2.45) is 5.41 Å². The van der Waals surface area contributed by atoms with Gasteiger partial charge in [0.1, 0.15) is 0 Å². The first kappa shape index (κ1) is 33.7. The molecule has 0 bridgehead atoms. The number of carbonyl (C=O) groups excluding carboxylic acids is 2. The first-order valence-corrected chi connectivity index (χ1v) is 17.4. The van der Waals surface area contributed by atoms with Gasteiger partial charge in [0.25, 0.3) is 8.32 Å². The maximum Gasteiger partial charge on any atom is 0.261 e. The molecule has 0 aromatic heterocycles. The summed E-state index contributed by atoms with van der Waals surface area (Å²) >= 11 is 0. The largest absolute Gasteiger partial charge is 0.493 e. The number of rotatable bonds is 14. The van der Waals surface area contributed by atoms with Crippen LogP contribution >= 0.6 is 0 Å². The fraction of sp³-hybridized carbons (Fsp3) is 0.351. The molecular weight excluding hydrogens is 581 g/mol. The van der Waals surface area contributed by atoms with Crippen LogP contribution in [-0.4, -0.2) is 47.5 Å². The number of benzene rings is 3. The SMILES string of the molecule is COc1ccc(NC(=O)C[C@]2(CC/C=C/CCO[Si](c3ccccc3)(c3ccccc3)C(C)(C)C)C=CCNC2=O)cc1OC. The highest BCUT2D eigenvalue weighted by molar-refractivity contribution is 6.99. The molecule has 4 rings (SSSR count). The van der Waals surface area contributed by atoms with Crippen molar-refractivity contribution in [3.8, 4) is 11.5 Å². The Morgan fingerprint density at radius 1 is 0.911 bits per heavy atom. The Bertz CT molecular complexity index is 1440. The monoisotopic (exact) mass is 626 g/mol. The minimum atomic E-state index is -2.58. The van der Waals surface area contributed by atoms with E-state index in [0.29, 0.717) is 43.2 Å². The molecular formula is C37H46N2O5Si. The molecule has 8 heteroatoms. The highest BCUT2D eigenvalue weighted by Gasteiger charge is 2.50. The van der Waals surface area contributed by atoms with E-state index in [9.17, 15) is 9.59 Å². The number of hydrogen-bond donors (Lipinski definition) is 2. The summed E-state index contributed by atoms with van der Waals surface area (Å²) in [7, 11) is 0.524. The Hall–Kier alpha value is -4.14. The Kier molecular flexibility index (Phi) is 11.4. The van der Waals surface area contributed by atoms with Gasteiger partial charge in [0.15, 0.2) is 11.5 Å². The molecule has 0 unspecified atom stereocenters. The Morgan fingerprint density at radius 3 is 2.11 bits per heavy atom. The molecule has 0 aliphatic carbocycles. The molecule has 1 aliphatic rings. The van der Waals surface area contributed by atoms with E-state index in [1.54, 1.807) is 32.4 Å². The number of ether oxygens (including phenoxy) is 2. The summed E-state index contributed by atoms with van der Waals surface area (Å²) in [5, 5.41) is 8.27. The molecule has 3 aromatic rings. The molecule has 2 amide bonds. The van der Waals surface area contributed by atoms with Crippen LogP contribution in [0, 0.1) is 5.41 Å². The first-order valence-electron chi connectivity index (χ1n) is 15.5. The highest BCUT2D eigenvalue weighted by atomic mass is 28.4. The van der Waals surface area contributed by atoms with Crippen LogP contribution in [0.15, 0.2) is 103 Å². The summed E-state index contributed by atoms with van der Waals surface area (Å²) in [6.45, 7) is 7.88. The van der Waals surface area contributed by atoms with Gasteiger partial charge >= 0.3 is 0 Å². The standard InChI is InChI=1S/C37H46N2O5Si/c1-36(2,3)45(30-17-10-8-11-18-30,31-19-12-9-13-20-31)44-26-15-7-6-14-23-37(24-16-25-38-35(37)41)28-34(40)39-29-21-22-32(42-4)33(27-29)43-5/h6-13,16-22,24,27H,14-15,23,25-26,28H2,1-5H3,(H,38,41)(H,39,40)/b7-6+/t37-/m0/s1. The molecule has 0 fully saturated rings. The summed E-state index contributed by atoms with van der Waals surface area (Å²) in [6.07, 6.45) is 9.99. The van der Waals surface area contributed by atoms with E-state index in [2.05, 4.69) is 92.1 Å². The maximum absolute atomic E-state index is 13.1. The normalized spacial score (nSPS) is 16.8. The van der Waals surface area contributed by atoms with Gasteiger partial charge in [0.05, 0.1) is 19.6 Å². The van der Waals surface area contributed by atoms with Gasteiger partial charge in [-0.15, -0.1) is 0 Å². The van der Waals surface area contributed by atoms with Gasteiger partial charge < -0.3 is 24.5 Å². The minimum absolute atomic E-state index is 0.0362. The molecule has 0 saturated heterocycles. The average Bonchev–Trinajstić information content (AvgIpc) is 3.04. The third kappa shape index (κ3) is 7.93. The van der Waals surface area contributed by atoms with Crippen LogP contribution in [0.1, 0.15) is 46.5 Å². The second-order valence-electron chi connectivity index (χ2n) is 12.4. The Labute approximate surface area is 268 Å². The fourth-order valence-electron chi connectivity index (χ4n) is 6.14. The highest BCUT2D eigenvalue weighted by Crippen LogP contribution is 2.37. The zero-order chi connectivity index (χ0) is 32.3. The molecule has 238 valence electrons. The number of nitrogens with one attached hydrogen (secondary N) is 2. The van der Waals surface area contributed by atoms with E-state index >= 15 is 0 Å². The van der Waals surface area contributed by atoms with E-state index in [1.807, 2.05) is 24.3 Å². The third-order valence-electron chi connectivity index (χ3n) is 8.36. The van der Waals surface area contributed by atoms with Gasteiger partial charge in [-0.3, -0.25) is 9.59 Å². The van der Waals surface area contributed by atoms with Gasteiger partial charge in [0.2, 0.25) is 11.8 Å². The van der Waals surface area contributed by atoms with Gasteiger partial charge in [-0.25, -0.2) is 0 Å². The number of allylic oxidation sites excluding steroid dienone is 1. The molecule has 1 atom stereocenters. The van der Waals surface area contributed by atoms with E-state index < -0.39 is 13.7 Å². The van der Waals surface area contributed by atoms with Gasteiger partial charge in [-0.05, 0) is 46.8 Å². The van der Waals surface area contributed by atoms with Crippen LogP contribution in [-0.2, 0) is 14.0 Å². The topological polar surface area (TPSA) is 85.9 Å².